The molecule has 3 rings (SSSR count). The summed E-state index contributed by atoms with van der Waals surface area (Å²) >= 11 is 0. The van der Waals surface area contributed by atoms with Crippen LogP contribution in [0.2, 0.25) is 0 Å². The van der Waals surface area contributed by atoms with Crippen molar-refractivity contribution < 1.29 is 0 Å². The highest BCUT2D eigenvalue weighted by molar-refractivity contribution is 5.78. The van der Waals surface area contributed by atoms with Gasteiger partial charge in [-0.1, -0.05) is 36.4 Å². The number of fused-ring (bicyclic) bond motifs is 1. The summed E-state index contributed by atoms with van der Waals surface area (Å²) in [7, 11) is 2.08. The first kappa shape index (κ1) is 13.6. The smallest absolute Gasteiger partial charge is 0.0706 e. The molecule has 21 heavy (non-hydrogen) atoms. The van der Waals surface area contributed by atoms with E-state index in [0.717, 1.165) is 23.3 Å². The fraction of sp³-hybridized carbons (Fsp3) is 0.167. The summed E-state index contributed by atoms with van der Waals surface area (Å²) in [5.74, 6) is 0. The summed E-state index contributed by atoms with van der Waals surface area (Å²) in [4.78, 5) is 6.90. The molecule has 0 bridgehead atoms. The van der Waals surface area contributed by atoms with Crippen LogP contribution in [0.4, 0.5) is 5.69 Å². The van der Waals surface area contributed by atoms with E-state index in [1.54, 1.807) is 0 Å². The summed E-state index contributed by atoms with van der Waals surface area (Å²) in [6.45, 7) is 1.36. The van der Waals surface area contributed by atoms with Gasteiger partial charge in [-0.15, -0.1) is 0 Å². The molecule has 0 unspecified atom stereocenters. The molecule has 0 saturated carbocycles. The van der Waals surface area contributed by atoms with Crippen LogP contribution in [0.25, 0.3) is 10.9 Å². The lowest BCUT2D eigenvalue weighted by molar-refractivity contribution is 0.891. The van der Waals surface area contributed by atoms with Gasteiger partial charge in [0.25, 0.3) is 0 Å². The van der Waals surface area contributed by atoms with Gasteiger partial charge >= 0.3 is 0 Å². The third kappa shape index (κ3) is 3.03. The van der Waals surface area contributed by atoms with Crippen molar-refractivity contribution in [3.05, 3.63) is 71.9 Å². The van der Waals surface area contributed by atoms with Crippen LogP contribution in [0.3, 0.4) is 0 Å². The first-order valence-electron chi connectivity index (χ1n) is 7.11. The van der Waals surface area contributed by atoms with E-state index in [1.807, 2.05) is 12.1 Å². The Morgan fingerprint density at radius 2 is 1.71 bits per heavy atom. The number of aromatic nitrogens is 1. The minimum atomic E-state index is 0.580. The van der Waals surface area contributed by atoms with Gasteiger partial charge in [0.05, 0.1) is 17.8 Å². The number of nitrogens with two attached hydrogens (primary N) is 1. The third-order valence-electron chi connectivity index (χ3n) is 3.67. The van der Waals surface area contributed by atoms with Crippen LogP contribution in [-0.4, -0.2) is 12.0 Å². The maximum Gasteiger partial charge on any atom is 0.0706 e. The van der Waals surface area contributed by atoms with Gasteiger partial charge in [0, 0.05) is 24.7 Å². The molecule has 1 aromatic heterocycles. The van der Waals surface area contributed by atoms with Crippen LogP contribution in [0.1, 0.15) is 11.3 Å². The fourth-order valence-corrected chi connectivity index (χ4v) is 2.42. The van der Waals surface area contributed by atoms with Crippen LogP contribution in [0.5, 0.6) is 0 Å². The van der Waals surface area contributed by atoms with Gasteiger partial charge in [0.15, 0.2) is 0 Å². The first-order chi connectivity index (χ1) is 10.3. The van der Waals surface area contributed by atoms with E-state index in [1.165, 1.54) is 11.1 Å². The molecule has 3 aromatic rings. The molecule has 0 aliphatic heterocycles. The fourth-order valence-electron chi connectivity index (χ4n) is 2.42. The standard InChI is InChI=1S/C18H19N3/c1-21(17-10-6-14(12-19)7-11-17)13-16-9-8-15-4-2-3-5-18(15)20-16/h2-11H,12-13,19H2,1H3. The van der Waals surface area contributed by atoms with Crippen LogP contribution in [-0.2, 0) is 13.1 Å². The zero-order chi connectivity index (χ0) is 14.7. The summed E-state index contributed by atoms with van der Waals surface area (Å²) < 4.78 is 0. The molecule has 0 aliphatic rings. The van der Waals surface area contributed by atoms with Crippen molar-refractivity contribution in [1.29, 1.82) is 0 Å². The van der Waals surface area contributed by atoms with Gasteiger partial charge in [-0.2, -0.15) is 0 Å². The number of pyridine rings is 1. The van der Waals surface area contributed by atoms with Crippen LogP contribution in [0, 0.1) is 0 Å². The molecule has 3 heteroatoms. The molecule has 3 nitrogen and oxygen atoms in total. The molecule has 0 aliphatic carbocycles. The van der Waals surface area contributed by atoms with E-state index < -0.39 is 0 Å². The molecule has 106 valence electrons. The normalized spacial score (nSPS) is 10.8. The molecule has 0 radical (unpaired) electrons. The van der Waals surface area contributed by atoms with Gasteiger partial charge in [-0.25, -0.2) is 0 Å². The third-order valence-corrected chi connectivity index (χ3v) is 3.67. The quantitative estimate of drug-likeness (QED) is 0.795. The maximum atomic E-state index is 5.63. The van der Waals surface area contributed by atoms with Crippen molar-refractivity contribution in [3.8, 4) is 0 Å². The van der Waals surface area contributed by atoms with E-state index in [9.17, 15) is 0 Å². The summed E-state index contributed by atoms with van der Waals surface area (Å²) in [6.07, 6.45) is 0. The summed E-state index contributed by atoms with van der Waals surface area (Å²) in [5, 5.41) is 1.18. The predicted molar refractivity (Wildman–Crippen MR) is 88.2 cm³/mol. The molecule has 0 amide bonds. The van der Waals surface area contributed by atoms with Crippen LogP contribution in [0.15, 0.2) is 60.7 Å². The van der Waals surface area contributed by atoms with Gasteiger partial charge in [0.1, 0.15) is 0 Å². The van der Waals surface area contributed by atoms with Crippen molar-refractivity contribution in [3.63, 3.8) is 0 Å². The Morgan fingerprint density at radius 3 is 2.48 bits per heavy atom. The second-order valence-corrected chi connectivity index (χ2v) is 5.22. The predicted octanol–water partition coefficient (Wildman–Crippen LogP) is 3.33. The van der Waals surface area contributed by atoms with Gasteiger partial charge in [-0.3, -0.25) is 4.98 Å². The largest absolute Gasteiger partial charge is 0.369 e. The van der Waals surface area contributed by atoms with E-state index in [0.29, 0.717) is 6.54 Å². The Labute approximate surface area is 125 Å². The van der Waals surface area contributed by atoms with Crippen molar-refractivity contribution >= 4 is 16.6 Å². The minimum Gasteiger partial charge on any atom is -0.369 e. The molecular weight excluding hydrogens is 258 g/mol. The highest BCUT2D eigenvalue weighted by atomic mass is 15.1. The summed E-state index contributed by atoms with van der Waals surface area (Å²) in [5.41, 5.74) is 10.1. The Kier molecular flexibility index (Phi) is 3.84. The van der Waals surface area contributed by atoms with Crippen molar-refractivity contribution in [2.24, 2.45) is 5.73 Å². The Balaban J connectivity index is 1.79. The van der Waals surface area contributed by atoms with E-state index in [2.05, 4.69) is 60.5 Å². The molecule has 0 fully saturated rings. The molecule has 0 spiro atoms. The SMILES string of the molecule is CN(Cc1ccc2ccccc2n1)c1ccc(CN)cc1. The van der Waals surface area contributed by atoms with Gasteiger partial charge in [-0.05, 0) is 29.8 Å². The second kappa shape index (κ2) is 5.94. The van der Waals surface area contributed by atoms with E-state index in [-0.39, 0.29) is 0 Å². The Hall–Kier alpha value is -2.39. The lowest BCUT2D eigenvalue weighted by Crippen LogP contribution is -2.17. The average molecular weight is 277 g/mol. The molecule has 0 atom stereocenters. The van der Waals surface area contributed by atoms with E-state index in [4.69, 9.17) is 10.7 Å². The summed E-state index contributed by atoms with van der Waals surface area (Å²) in [6, 6.07) is 20.8. The first-order valence-corrected chi connectivity index (χ1v) is 7.11. The lowest BCUT2D eigenvalue weighted by Gasteiger charge is -2.19. The van der Waals surface area contributed by atoms with Crippen molar-refractivity contribution in [1.82, 2.24) is 4.98 Å². The number of para-hydroxylation sites is 1. The monoisotopic (exact) mass is 277 g/mol. The van der Waals surface area contributed by atoms with E-state index >= 15 is 0 Å². The zero-order valence-corrected chi connectivity index (χ0v) is 12.2. The highest BCUT2D eigenvalue weighted by Crippen LogP contribution is 2.17. The minimum absolute atomic E-state index is 0.580. The topological polar surface area (TPSA) is 42.2 Å². The van der Waals surface area contributed by atoms with Gasteiger partial charge in [0.2, 0.25) is 0 Å². The number of hydrogen-bond acceptors (Lipinski definition) is 3. The number of hydrogen-bond donors (Lipinski definition) is 1. The molecular formula is C18H19N3. The zero-order valence-electron chi connectivity index (χ0n) is 12.2. The molecule has 1 heterocycles. The maximum absolute atomic E-state index is 5.63. The number of nitrogens with zero attached hydrogens (tertiary/aromatic N) is 2. The van der Waals surface area contributed by atoms with Gasteiger partial charge < -0.3 is 10.6 Å². The number of anilines is 1. The van der Waals surface area contributed by atoms with Crippen LogP contribution >= 0.6 is 0 Å². The average Bonchev–Trinajstić information content (AvgIpc) is 2.55. The molecule has 0 saturated heterocycles. The number of benzene rings is 2. The lowest BCUT2D eigenvalue weighted by atomic mass is 10.2. The van der Waals surface area contributed by atoms with Crippen LogP contribution < -0.4 is 10.6 Å². The second-order valence-electron chi connectivity index (χ2n) is 5.22. The van der Waals surface area contributed by atoms with Crippen molar-refractivity contribution in [2.75, 3.05) is 11.9 Å². The highest BCUT2D eigenvalue weighted by Gasteiger charge is 2.04. The van der Waals surface area contributed by atoms with Crippen molar-refractivity contribution in [2.45, 2.75) is 13.1 Å². The Bertz CT molecular complexity index is 735. The molecule has 2 aromatic carbocycles. The number of rotatable bonds is 4. The Morgan fingerprint density at radius 1 is 0.952 bits per heavy atom. The molecule has 2 N–H and O–H groups in total.